The molecule has 2 aromatic rings. The number of hydrogen-bond donors (Lipinski definition) is 0. The summed E-state index contributed by atoms with van der Waals surface area (Å²) in [4.78, 5) is 20.8. The smallest absolute Gasteiger partial charge is 0.353 e. The number of rotatable bonds is 4. The molecule has 1 aromatic heterocycles. The largest absolute Gasteiger partial charge is 0.417 e. The lowest BCUT2D eigenvalue weighted by Crippen LogP contribution is -2.50. The van der Waals surface area contributed by atoms with E-state index < -0.39 is 11.7 Å². The normalized spacial score (nSPS) is 16.2. The molecule has 1 aliphatic heterocycles. The predicted octanol–water partition coefficient (Wildman–Crippen LogP) is 4.84. The lowest BCUT2D eigenvalue weighted by molar-refractivity contribution is -0.138. The lowest BCUT2D eigenvalue weighted by atomic mass is 9.87. The fraction of sp³-hybridized carbons (Fsp3) is 0.429. The van der Waals surface area contributed by atoms with Crippen molar-refractivity contribution in [3.05, 3.63) is 58.7 Å². The first-order valence-corrected chi connectivity index (χ1v) is 9.87. The summed E-state index contributed by atoms with van der Waals surface area (Å²) in [7, 11) is 0. The summed E-state index contributed by atoms with van der Waals surface area (Å²) < 4.78 is 38.1. The van der Waals surface area contributed by atoms with Gasteiger partial charge in [-0.25, -0.2) is 4.98 Å². The zero-order valence-electron chi connectivity index (χ0n) is 16.3. The zero-order valence-corrected chi connectivity index (χ0v) is 17.0. The van der Waals surface area contributed by atoms with Crippen LogP contribution in [0, 0.1) is 5.92 Å². The van der Waals surface area contributed by atoms with Crippen LogP contribution >= 0.6 is 11.6 Å². The molecule has 4 nitrogen and oxygen atoms in total. The van der Waals surface area contributed by atoms with E-state index in [1.54, 1.807) is 12.1 Å². The highest BCUT2D eigenvalue weighted by atomic mass is 35.5. The summed E-state index contributed by atoms with van der Waals surface area (Å²) in [6.07, 6.45) is -3.55. The summed E-state index contributed by atoms with van der Waals surface area (Å²) in [5, 5.41) is 0.626. The van der Waals surface area contributed by atoms with Crippen LogP contribution in [-0.2, 0) is 11.0 Å². The molecule has 0 saturated carbocycles. The zero-order chi connectivity index (χ0) is 21.2. The van der Waals surface area contributed by atoms with E-state index in [1.165, 1.54) is 6.07 Å². The number of hydrogen-bond acceptors (Lipinski definition) is 3. The van der Waals surface area contributed by atoms with Crippen LogP contribution in [0.4, 0.5) is 19.0 Å². The second-order valence-electron chi connectivity index (χ2n) is 7.49. The van der Waals surface area contributed by atoms with Crippen LogP contribution in [-0.4, -0.2) is 42.0 Å². The van der Waals surface area contributed by atoms with E-state index in [-0.39, 0.29) is 17.7 Å². The molecule has 156 valence electrons. The topological polar surface area (TPSA) is 36.4 Å². The van der Waals surface area contributed by atoms with Gasteiger partial charge in [0.25, 0.3) is 0 Å². The van der Waals surface area contributed by atoms with Crippen LogP contribution in [0.1, 0.15) is 30.9 Å². The van der Waals surface area contributed by atoms with Crippen molar-refractivity contribution in [3.63, 3.8) is 0 Å². The molecule has 8 heteroatoms. The Balaban J connectivity index is 1.66. The maximum Gasteiger partial charge on any atom is 0.417 e. The van der Waals surface area contributed by atoms with Crippen molar-refractivity contribution in [3.8, 4) is 0 Å². The number of carbonyl (C=O) groups excluding carboxylic acids is 1. The highest BCUT2D eigenvalue weighted by Crippen LogP contribution is 2.30. The van der Waals surface area contributed by atoms with Crippen molar-refractivity contribution in [2.45, 2.75) is 25.9 Å². The molecule has 0 N–H and O–H groups in total. The molecule has 0 radical (unpaired) electrons. The third kappa shape index (κ3) is 5.01. The van der Waals surface area contributed by atoms with E-state index in [2.05, 4.69) is 4.98 Å². The Kier molecular flexibility index (Phi) is 6.36. The van der Waals surface area contributed by atoms with E-state index in [9.17, 15) is 18.0 Å². The molecule has 0 bridgehead atoms. The summed E-state index contributed by atoms with van der Waals surface area (Å²) >= 11 is 5.96. The van der Waals surface area contributed by atoms with Crippen molar-refractivity contribution in [2.75, 3.05) is 31.1 Å². The van der Waals surface area contributed by atoms with E-state index in [0.717, 1.165) is 17.8 Å². The molecule has 3 rings (SSSR count). The SMILES string of the molecule is CC(C)[C@H](C(=O)N1CCN(c2ccc(C(F)(F)F)cn2)CC1)c1ccc(Cl)cc1. The first-order valence-electron chi connectivity index (χ1n) is 9.49. The Morgan fingerprint density at radius 1 is 1.03 bits per heavy atom. The van der Waals surface area contributed by atoms with E-state index in [0.29, 0.717) is 37.0 Å². The molecule has 0 aliphatic carbocycles. The van der Waals surface area contributed by atoms with E-state index in [1.807, 2.05) is 35.8 Å². The van der Waals surface area contributed by atoms with Crippen LogP contribution in [0.25, 0.3) is 0 Å². The molecule has 1 atom stereocenters. The molecule has 1 saturated heterocycles. The highest BCUT2D eigenvalue weighted by Gasteiger charge is 2.32. The van der Waals surface area contributed by atoms with Gasteiger partial charge in [-0.1, -0.05) is 37.6 Å². The molecular formula is C21H23ClF3N3O. The number of anilines is 1. The molecule has 1 amide bonds. The van der Waals surface area contributed by atoms with Gasteiger partial charge in [-0.2, -0.15) is 13.2 Å². The molecule has 1 aromatic carbocycles. The Morgan fingerprint density at radius 2 is 1.66 bits per heavy atom. The van der Waals surface area contributed by atoms with E-state index in [4.69, 9.17) is 11.6 Å². The standard InChI is InChI=1S/C21H23ClF3N3O/c1-14(2)19(15-3-6-17(22)7-4-15)20(29)28-11-9-27(10-12-28)18-8-5-16(13-26-18)21(23,24)25/h3-8,13-14,19H,9-12H2,1-2H3/t19-/m0/s1. The Labute approximate surface area is 173 Å². The summed E-state index contributed by atoms with van der Waals surface area (Å²) in [5.74, 6) is 0.409. The number of aromatic nitrogens is 1. The maximum atomic E-state index is 13.2. The third-order valence-electron chi connectivity index (χ3n) is 5.15. The maximum absolute atomic E-state index is 13.2. The van der Waals surface area contributed by atoms with Gasteiger partial charge in [0.1, 0.15) is 5.82 Å². The highest BCUT2D eigenvalue weighted by molar-refractivity contribution is 6.30. The van der Waals surface area contributed by atoms with Crippen LogP contribution in [0.2, 0.25) is 5.02 Å². The van der Waals surface area contributed by atoms with Crippen molar-refractivity contribution in [1.82, 2.24) is 9.88 Å². The predicted molar refractivity (Wildman–Crippen MR) is 107 cm³/mol. The molecule has 29 heavy (non-hydrogen) atoms. The number of amides is 1. The van der Waals surface area contributed by atoms with Gasteiger partial charge in [-0.05, 0) is 35.7 Å². The molecular weight excluding hydrogens is 403 g/mol. The van der Waals surface area contributed by atoms with Crippen LogP contribution in [0.5, 0.6) is 0 Å². The van der Waals surface area contributed by atoms with Crippen molar-refractivity contribution in [1.29, 1.82) is 0 Å². The van der Waals surface area contributed by atoms with Gasteiger partial charge in [0.2, 0.25) is 5.91 Å². The van der Waals surface area contributed by atoms with Gasteiger partial charge in [0.15, 0.2) is 0 Å². The Morgan fingerprint density at radius 3 is 2.14 bits per heavy atom. The van der Waals surface area contributed by atoms with Gasteiger partial charge < -0.3 is 9.80 Å². The summed E-state index contributed by atoms with van der Waals surface area (Å²) in [6.45, 7) is 6.07. The van der Waals surface area contributed by atoms with Gasteiger partial charge in [0, 0.05) is 37.4 Å². The first kappa shape index (κ1) is 21.4. The lowest BCUT2D eigenvalue weighted by Gasteiger charge is -2.37. The third-order valence-corrected chi connectivity index (χ3v) is 5.40. The monoisotopic (exact) mass is 425 g/mol. The fourth-order valence-corrected chi connectivity index (χ4v) is 3.70. The number of nitrogens with zero attached hydrogens (tertiary/aromatic N) is 3. The minimum Gasteiger partial charge on any atom is -0.353 e. The van der Waals surface area contributed by atoms with Gasteiger partial charge in [-0.3, -0.25) is 4.79 Å². The average molecular weight is 426 g/mol. The molecule has 0 spiro atoms. The summed E-state index contributed by atoms with van der Waals surface area (Å²) in [5.41, 5.74) is 0.166. The number of piperazine rings is 1. The fourth-order valence-electron chi connectivity index (χ4n) is 3.58. The second-order valence-corrected chi connectivity index (χ2v) is 7.92. The number of benzene rings is 1. The average Bonchev–Trinajstić information content (AvgIpc) is 2.69. The van der Waals surface area contributed by atoms with Crippen LogP contribution in [0.15, 0.2) is 42.6 Å². The van der Waals surface area contributed by atoms with E-state index >= 15 is 0 Å². The van der Waals surface area contributed by atoms with Gasteiger partial charge >= 0.3 is 6.18 Å². The molecule has 0 unspecified atom stereocenters. The number of pyridine rings is 1. The number of halogens is 4. The van der Waals surface area contributed by atoms with Crippen molar-refractivity contribution < 1.29 is 18.0 Å². The quantitative estimate of drug-likeness (QED) is 0.703. The van der Waals surface area contributed by atoms with Gasteiger partial charge in [0.05, 0.1) is 11.5 Å². The van der Waals surface area contributed by atoms with Crippen molar-refractivity contribution in [2.24, 2.45) is 5.92 Å². The minimum atomic E-state index is -4.40. The summed E-state index contributed by atoms with van der Waals surface area (Å²) in [6, 6.07) is 9.75. The number of carbonyl (C=O) groups is 1. The van der Waals surface area contributed by atoms with Gasteiger partial charge in [-0.15, -0.1) is 0 Å². The molecule has 2 heterocycles. The van der Waals surface area contributed by atoms with Crippen molar-refractivity contribution >= 4 is 23.3 Å². The number of alkyl halides is 3. The molecule has 1 aliphatic rings. The van der Waals surface area contributed by atoms with Crippen LogP contribution < -0.4 is 4.90 Å². The second kappa shape index (κ2) is 8.61. The Bertz CT molecular complexity index is 830. The minimum absolute atomic E-state index is 0.0577. The van der Waals surface area contributed by atoms with Crippen LogP contribution in [0.3, 0.4) is 0 Å². The first-order chi connectivity index (χ1) is 13.7. The Hall–Kier alpha value is -2.28. The molecule has 1 fully saturated rings.